The monoisotopic (exact) mass is 179 g/mol. The van der Waals surface area contributed by atoms with E-state index in [0.717, 1.165) is 0 Å². The maximum atomic E-state index is 11.3. The second-order valence-electron chi connectivity index (χ2n) is 2.93. The Kier molecular flexibility index (Phi) is 4.03. The molecule has 0 aromatic carbocycles. The van der Waals surface area contributed by atoms with Crippen LogP contribution in [0.25, 0.3) is 0 Å². The van der Waals surface area contributed by atoms with Crippen LogP contribution in [-0.4, -0.2) is 31.6 Å². The molecule has 0 unspecified atom stereocenters. The number of sulfonamides is 1. The summed E-state index contributed by atoms with van der Waals surface area (Å²) in [6.07, 6.45) is 0.680. The van der Waals surface area contributed by atoms with E-state index in [0.29, 0.717) is 6.42 Å². The Hall–Kier alpha value is -0.0900. The smallest absolute Gasteiger partial charge is 0.212 e. The van der Waals surface area contributed by atoms with E-state index in [2.05, 4.69) is 0 Å². The second kappa shape index (κ2) is 4.07. The Morgan fingerprint density at radius 2 is 1.82 bits per heavy atom. The van der Waals surface area contributed by atoms with Gasteiger partial charge in [-0.25, -0.2) is 12.7 Å². The third-order valence-electron chi connectivity index (χ3n) is 1.63. The van der Waals surface area contributed by atoms with Crippen LogP contribution in [0.1, 0.15) is 27.2 Å². The molecule has 0 aliphatic carbocycles. The van der Waals surface area contributed by atoms with E-state index < -0.39 is 10.0 Å². The van der Waals surface area contributed by atoms with Crippen LogP contribution in [0, 0.1) is 0 Å². The standard InChI is InChI=1S/C7H17NO2S/c1-5-6-11(9,10)8(4)7(2)3/h7H,5-6H2,1-4H3. The van der Waals surface area contributed by atoms with Crippen molar-refractivity contribution in [3.8, 4) is 0 Å². The van der Waals surface area contributed by atoms with Crippen molar-refractivity contribution in [2.45, 2.75) is 33.2 Å². The third-order valence-corrected chi connectivity index (χ3v) is 3.85. The molecule has 4 heteroatoms. The van der Waals surface area contributed by atoms with E-state index in [4.69, 9.17) is 0 Å². The molecule has 0 rings (SSSR count). The van der Waals surface area contributed by atoms with Gasteiger partial charge in [0.15, 0.2) is 0 Å². The Labute approximate surface area is 69.4 Å². The summed E-state index contributed by atoms with van der Waals surface area (Å²) in [6.45, 7) is 5.60. The molecule has 0 bridgehead atoms. The van der Waals surface area contributed by atoms with Gasteiger partial charge in [0, 0.05) is 13.1 Å². The van der Waals surface area contributed by atoms with Gasteiger partial charge in [0.1, 0.15) is 0 Å². The summed E-state index contributed by atoms with van der Waals surface area (Å²) in [4.78, 5) is 0. The highest BCUT2D eigenvalue weighted by atomic mass is 32.2. The molecule has 0 saturated carbocycles. The quantitative estimate of drug-likeness (QED) is 0.647. The van der Waals surface area contributed by atoms with E-state index in [1.54, 1.807) is 7.05 Å². The van der Waals surface area contributed by atoms with Crippen LogP contribution in [0.2, 0.25) is 0 Å². The van der Waals surface area contributed by atoms with Crippen LogP contribution >= 0.6 is 0 Å². The van der Waals surface area contributed by atoms with Gasteiger partial charge < -0.3 is 0 Å². The third kappa shape index (κ3) is 3.20. The molecule has 0 saturated heterocycles. The summed E-state index contributed by atoms with van der Waals surface area (Å²) in [5.41, 5.74) is 0. The van der Waals surface area contributed by atoms with Gasteiger partial charge in [0.05, 0.1) is 5.75 Å². The summed E-state index contributed by atoms with van der Waals surface area (Å²) in [5.74, 6) is 0.252. The first kappa shape index (κ1) is 10.9. The zero-order chi connectivity index (χ0) is 9.07. The lowest BCUT2D eigenvalue weighted by Crippen LogP contribution is -2.34. The highest BCUT2D eigenvalue weighted by Gasteiger charge is 2.18. The van der Waals surface area contributed by atoms with Gasteiger partial charge in [-0.2, -0.15) is 0 Å². The fourth-order valence-corrected chi connectivity index (χ4v) is 2.17. The van der Waals surface area contributed by atoms with Crippen LogP contribution in [0.3, 0.4) is 0 Å². The minimum absolute atomic E-state index is 0.0616. The average molecular weight is 179 g/mol. The van der Waals surface area contributed by atoms with Crippen molar-refractivity contribution < 1.29 is 8.42 Å². The molecular formula is C7H17NO2S. The van der Waals surface area contributed by atoms with Crippen molar-refractivity contribution in [3.05, 3.63) is 0 Å². The Morgan fingerprint density at radius 3 is 2.09 bits per heavy atom. The topological polar surface area (TPSA) is 37.4 Å². The molecule has 0 amide bonds. The highest BCUT2D eigenvalue weighted by molar-refractivity contribution is 7.89. The van der Waals surface area contributed by atoms with Crippen LogP contribution in [0.15, 0.2) is 0 Å². The van der Waals surface area contributed by atoms with Gasteiger partial charge in [-0.3, -0.25) is 0 Å². The van der Waals surface area contributed by atoms with Crippen molar-refractivity contribution in [1.82, 2.24) is 4.31 Å². The maximum Gasteiger partial charge on any atom is 0.214 e. The van der Waals surface area contributed by atoms with E-state index in [1.165, 1.54) is 4.31 Å². The molecule has 68 valence electrons. The van der Waals surface area contributed by atoms with Gasteiger partial charge in [0.25, 0.3) is 0 Å². The summed E-state index contributed by atoms with van der Waals surface area (Å²) in [6, 6.07) is 0.0616. The summed E-state index contributed by atoms with van der Waals surface area (Å²) < 4.78 is 24.0. The lowest BCUT2D eigenvalue weighted by atomic mass is 10.4. The molecule has 0 heterocycles. The lowest BCUT2D eigenvalue weighted by Gasteiger charge is -2.20. The number of rotatable bonds is 4. The number of hydrogen-bond donors (Lipinski definition) is 0. The summed E-state index contributed by atoms with van der Waals surface area (Å²) in [5, 5.41) is 0. The van der Waals surface area contributed by atoms with Crippen molar-refractivity contribution in [1.29, 1.82) is 0 Å². The molecule has 0 atom stereocenters. The highest BCUT2D eigenvalue weighted by Crippen LogP contribution is 2.04. The first-order chi connectivity index (χ1) is 4.91. The molecule has 11 heavy (non-hydrogen) atoms. The predicted molar refractivity (Wildman–Crippen MR) is 47.0 cm³/mol. The molecule has 0 radical (unpaired) electrons. The van der Waals surface area contributed by atoms with Gasteiger partial charge >= 0.3 is 0 Å². The van der Waals surface area contributed by atoms with Crippen molar-refractivity contribution in [2.75, 3.05) is 12.8 Å². The Bertz CT molecular complexity index is 196. The van der Waals surface area contributed by atoms with E-state index in [9.17, 15) is 8.42 Å². The first-order valence-electron chi connectivity index (χ1n) is 3.87. The minimum Gasteiger partial charge on any atom is -0.212 e. The number of hydrogen-bond acceptors (Lipinski definition) is 2. The van der Waals surface area contributed by atoms with Gasteiger partial charge in [-0.1, -0.05) is 6.92 Å². The van der Waals surface area contributed by atoms with E-state index in [1.807, 2.05) is 20.8 Å². The van der Waals surface area contributed by atoms with Crippen molar-refractivity contribution in [3.63, 3.8) is 0 Å². The van der Waals surface area contributed by atoms with E-state index >= 15 is 0 Å². The maximum absolute atomic E-state index is 11.3. The molecule has 0 aliphatic rings. The molecule has 3 nitrogen and oxygen atoms in total. The van der Waals surface area contributed by atoms with Crippen LogP contribution in [0.4, 0.5) is 0 Å². The zero-order valence-corrected chi connectivity index (χ0v) is 8.48. The van der Waals surface area contributed by atoms with Crippen LogP contribution in [-0.2, 0) is 10.0 Å². The fraction of sp³-hybridized carbons (Fsp3) is 1.00. The normalized spacial score (nSPS) is 12.9. The molecule has 0 spiro atoms. The SMILES string of the molecule is CCCS(=O)(=O)N(C)C(C)C. The minimum atomic E-state index is -2.98. The molecule has 0 fully saturated rings. The summed E-state index contributed by atoms with van der Waals surface area (Å²) in [7, 11) is -1.36. The Morgan fingerprint density at radius 1 is 1.36 bits per heavy atom. The fourth-order valence-electron chi connectivity index (χ4n) is 0.723. The van der Waals surface area contributed by atoms with E-state index in [-0.39, 0.29) is 11.8 Å². The van der Waals surface area contributed by atoms with Crippen molar-refractivity contribution >= 4 is 10.0 Å². The molecule has 0 aromatic rings. The van der Waals surface area contributed by atoms with Crippen molar-refractivity contribution in [2.24, 2.45) is 0 Å². The van der Waals surface area contributed by atoms with Gasteiger partial charge in [0.2, 0.25) is 10.0 Å². The summed E-state index contributed by atoms with van der Waals surface area (Å²) >= 11 is 0. The Balaban J connectivity index is 4.31. The molecule has 0 N–H and O–H groups in total. The average Bonchev–Trinajstić information content (AvgIpc) is 1.86. The van der Waals surface area contributed by atoms with Crippen LogP contribution < -0.4 is 0 Å². The molecule has 0 aliphatic heterocycles. The zero-order valence-electron chi connectivity index (χ0n) is 7.66. The predicted octanol–water partition coefficient (Wildman–Crippen LogP) is 1.07. The van der Waals surface area contributed by atoms with Gasteiger partial charge in [-0.05, 0) is 20.3 Å². The first-order valence-corrected chi connectivity index (χ1v) is 5.48. The van der Waals surface area contributed by atoms with Gasteiger partial charge in [-0.15, -0.1) is 0 Å². The molecular weight excluding hydrogens is 162 g/mol. The largest absolute Gasteiger partial charge is 0.214 e. The number of nitrogens with zero attached hydrogens (tertiary/aromatic N) is 1. The lowest BCUT2D eigenvalue weighted by molar-refractivity contribution is 0.410. The van der Waals surface area contributed by atoms with Crippen LogP contribution in [0.5, 0.6) is 0 Å². The molecule has 0 aromatic heterocycles. The second-order valence-corrected chi connectivity index (χ2v) is 5.07.